The van der Waals surface area contributed by atoms with Crippen LogP contribution in [0.3, 0.4) is 0 Å². The number of nitrogens with zero attached hydrogens (tertiary/aromatic N) is 2. The summed E-state index contributed by atoms with van der Waals surface area (Å²) < 4.78 is 2.47. The minimum Gasteiger partial charge on any atom is -0.310 e. The van der Waals surface area contributed by atoms with Gasteiger partial charge >= 0.3 is 0 Å². The van der Waals surface area contributed by atoms with Crippen LogP contribution in [0.2, 0.25) is 0 Å². The van der Waals surface area contributed by atoms with E-state index >= 15 is 0 Å². The summed E-state index contributed by atoms with van der Waals surface area (Å²) in [6, 6.07) is 103. The maximum absolute atomic E-state index is 2.47. The highest BCUT2D eigenvalue weighted by Gasteiger charge is 2.46. The molecular weight excluding hydrogens is 857 g/mol. The van der Waals surface area contributed by atoms with E-state index in [1.54, 1.807) is 0 Å². The Morgan fingerprint density at radius 3 is 1.51 bits per heavy atom. The van der Waals surface area contributed by atoms with Crippen LogP contribution in [0.1, 0.15) is 22.3 Å². The Bertz CT molecular complexity index is 4090. The van der Waals surface area contributed by atoms with Crippen molar-refractivity contribution in [3.63, 3.8) is 0 Å². The van der Waals surface area contributed by atoms with Crippen LogP contribution >= 0.6 is 0 Å². The highest BCUT2D eigenvalue weighted by atomic mass is 15.1. The molecule has 14 rings (SSSR count). The van der Waals surface area contributed by atoms with Gasteiger partial charge in [-0.2, -0.15) is 0 Å². The standard InChI is InChI=1S/C69H46N2/c1-4-18-47(19-5-1)48-32-37-54(38-33-48)70(68-45-51-20-10-11-25-57(51)58-26-12-13-28-61(58)68)55-39-34-49(35-40-55)50-36-43-67-63(44-50)62-29-15-17-31-66(62)71(67)56-41-42-60-59-27-14-16-30-64(59)69(65(60)46-56,52-21-6-2-7-22-52)53-23-8-3-9-24-53/h1-46H. The highest BCUT2D eigenvalue weighted by molar-refractivity contribution is 6.15. The first kappa shape index (κ1) is 40.8. The van der Waals surface area contributed by atoms with E-state index in [-0.39, 0.29) is 0 Å². The van der Waals surface area contributed by atoms with Crippen molar-refractivity contribution < 1.29 is 0 Å². The first-order chi connectivity index (χ1) is 35.2. The number of rotatable bonds is 8. The lowest BCUT2D eigenvalue weighted by atomic mass is 9.67. The Kier molecular flexibility index (Phi) is 9.47. The second-order valence-corrected chi connectivity index (χ2v) is 18.8. The maximum atomic E-state index is 2.47. The Balaban J connectivity index is 0.896. The molecule has 0 N–H and O–H groups in total. The molecule has 0 saturated heterocycles. The molecule has 13 aromatic rings. The Hall–Kier alpha value is -9.24. The second kappa shape index (κ2) is 16.5. The molecule has 12 aromatic carbocycles. The normalized spacial score (nSPS) is 12.6. The van der Waals surface area contributed by atoms with Gasteiger partial charge in [0, 0.05) is 33.2 Å². The summed E-state index contributed by atoms with van der Waals surface area (Å²) in [7, 11) is 0. The van der Waals surface area contributed by atoms with Crippen molar-refractivity contribution in [2.75, 3.05) is 4.90 Å². The molecule has 0 radical (unpaired) electrons. The number of hydrogen-bond donors (Lipinski definition) is 0. The third kappa shape index (κ3) is 6.42. The number of para-hydroxylation sites is 1. The first-order valence-corrected chi connectivity index (χ1v) is 24.6. The van der Waals surface area contributed by atoms with Gasteiger partial charge in [0.1, 0.15) is 0 Å². The molecule has 71 heavy (non-hydrogen) atoms. The van der Waals surface area contributed by atoms with E-state index < -0.39 is 5.41 Å². The number of aromatic nitrogens is 1. The summed E-state index contributed by atoms with van der Waals surface area (Å²) in [5, 5.41) is 7.39. The van der Waals surface area contributed by atoms with Crippen LogP contribution in [0.4, 0.5) is 17.1 Å². The molecule has 0 fully saturated rings. The van der Waals surface area contributed by atoms with Crippen molar-refractivity contribution in [2.45, 2.75) is 5.41 Å². The monoisotopic (exact) mass is 902 g/mol. The Labute approximate surface area is 413 Å². The van der Waals surface area contributed by atoms with Crippen molar-refractivity contribution in [1.82, 2.24) is 4.57 Å². The highest BCUT2D eigenvalue weighted by Crippen LogP contribution is 2.57. The summed E-state index contributed by atoms with van der Waals surface area (Å²) in [6.45, 7) is 0. The minimum atomic E-state index is -0.481. The molecule has 0 saturated carbocycles. The second-order valence-electron chi connectivity index (χ2n) is 18.8. The molecule has 1 heterocycles. The van der Waals surface area contributed by atoms with E-state index in [9.17, 15) is 0 Å². The molecule has 1 aliphatic rings. The molecule has 1 aromatic heterocycles. The van der Waals surface area contributed by atoms with Gasteiger partial charge in [0.25, 0.3) is 0 Å². The largest absolute Gasteiger partial charge is 0.310 e. The molecule has 2 nitrogen and oxygen atoms in total. The predicted molar refractivity (Wildman–Crippen MR) is 299 cm³/mol. The van der Waals surface area contributed by atoms with Gasteiger partial charge in [-0.3, -0.25) is 0 Å². The number of fused-ring (bicyclic) bond motifs is 9. The van der Waals surface area contributed by atoms with Crippen LogP contribution in [-0.4, -0.2) is 4.57 Å². The molecule has 0 spiro atoms. The summed E-state index contributed by atoms with van der Waals surface area (Å²) in [6.07, 6.45) is 0. The molecule has 0 unspecified atom stereocenters. The molecular formula is C69H46N2. The zero-order valence-corrected chi connectivity index (χ0v) is 39.0. The van der Waals surface area contributed by atoms with Gasteiger partial charge in [-0.1, -0.05) is 218 Å². The smallest absolute Gasteiger partial charge is 0.0714 e. The van der Waals surface area contributed by atoms with Gasteiger partial charge in [0.2, 0.25) is 0 Å². The summed E-state index contributed by atoms with van der Waals surface area (Å²) in [5.74, 6) is 0. The van der Waals surface area contributed by atoms with Gasteiger partial charge in [-0.05, 0) is 132 Å². The van der Waals surface area contributed by atoms with E-state index in [0.717, 1.165) is 22.7 Å². The topological polar surface area (TPSA) is 8.17 Å². The molecule has 2 heteroatoms. The van der Waals surface area contributed by atoms with Crippen molar-refractivity contribution in [2.24, 2.45) is 0 Å². The van der Waals surface area contributed by atoms with E-state index in [0.29, 0.717) is 0 Å². The van der Waals surface area contributed by atoms with Gasteiger partial charge in [-0.25, -0.2) is 0 Å². The van der Waals surface area contributed by atoms with Crippen LogP contribution in [-0.2, 0) is 5.41 Å². The Morgan fingerprint density at radius 1 is 0.296 bits per heavy atom. The van der Waals surface area contributed by atoms with Gasteiger partial charge < -0.3 is 9.47 Å². The van der Waals surface area contributed by atoms with Gasteiger partial charge in [0.15, 0.2) is 0 Å². The number of benzene rings is 12. The number of hydrogen-bond acceptors (Lipinski definition) is 1. The quantitative estimate of drug-likeness (QED) is 0.138. The van der Waals surface area contributed by atoms with Crippen LogP contribution in [0, 0.1) is 0 Å². The lowest BCUT2D eigenvalue weighted by molar-refractivity contribution is 0.767. The average molecular weight is 903 g/mol. The maximum Gasteiger partial charge on any atom is 0.0714 e. The third-order valence-corrected chi connectivity index (χ3v) is 15.1. The van der Waals surface area contributed by atoms with Crippen molar-refractivity contribution in [1.29, 1.82) is 0 Å². The molecule has 0 bridgehead atoms. The van der Waals surface area contributed by atoms with E-state index in [4.69, 9.17) is 0 Å². The molecule has 0 aliphatic heterocycles. The van der Waals surface area contributed by atoms with E-state index in [2.05, 4.69) is 289 Å². The van der Waals surface area contributed by atoms with Crippen molar-refractivity contribution in [3.05, 3.63) is 301 Å². The summed E-state index contributed by atoms with van der Waals surface area (Å²) in [5.41, 5.74) is 18.8. The lowest BCUT2D eigenvalue weighted by Gasteiger charge is -2.34. The average Bonchev–Trinajstić information content (AvgIpc) is 3.94. The number of anilines is 3. The lowest BCUT2D eigenvalue weighted by Crippen LogP contribution is -2.28. The fraction of sp³-hybridized carbons (Fsp3) is 0.0145. The van der Waals surface area contributed by atoms with E-state index in [1.165, 1.54) is 99.0 Å². The fourth-order valence-electron chi connectivity index (χ4n) is 11.9. The Morgan fingerprint density at radius 2 is 0.803 bits per heavy atom. The van der Waals surface area contributed by atoms with Crippen LogP contribution in [0.15, 0.2) is 279 Å². The first-order valence-electron chi connectivity index (χ1n) is 24.6. The molecule has 332 valence electrons. The summed E-state index contributed by atoms with van der Waals surface area (Å²) >= 11 is 0. The van der Waals surface area contributed by atoms with Crippen LogP contribution in [0.25, 0.3) is 82.4 Å². The third-order valence-electron chi connectivity index (χ3n) is 15.1. The molecule has 0 atom stereocenters. The van der Waals surface area contributed by atoms with Gasteiger partial charge in [0.05, 0.1) is 22.1 Å². The zero-order chi connectivity index (χ0) is 46.9. The predicted octanol–water partition coefficient (Wildman–Crippen LogP) is 18.3. The molecule has 1 aliphatic carbocycles. The SMILES string of the molecule is c1ccc(-c2ccc(N(c3ccc(-c4ccc5c(c4)c4ccccc4n5-c4ccc5c(c4)C(c4ccccc4)(c4ccccc4)c4ccccc4-5)cc3)c3cc4ccccc4c4ccccc34)cc2)cc1. The summed E-state index contributed by atoms with van der Waals surface area (Å²) in [4.78, 5) is 2.42. The van der Waals surface area contributed by atoms with Crippen LogP contribution < -0.4 is 4.90 Å². The minimum absolute atomic E-state index is 0.481. The zero-order valence-electron chi connectivity index (χ0n) is 39.0. The van der Waals surface area contributed by atoms with E-state index in [1.807, 2.05) is 0 Å². The molecule has 0 amide bonds. The van der Waals surface area contributed by atoms with Crippen LogP contribution in [0.5, 0.6) is 0 Å². The van der Waals surface area contributed by atoms with Crippen molar-refractivity contribution in [3.8, 4) is 39.1 Å². The van der Waals surface area contributed by atoms with Gasteiger partial charge in [-0.15, -0.1) is 0 Å². The fourth-order valence-corrected chi connectivity index (χ4v) is 11.9. The van der Waals surface area contributed by atoms with Crippen molar-refractivity contribution >= 4 is 60.4 Å².